The molecule has 9 nitrogen and oxygen atoms in total. The maximum Gasteiger partial charge on any atom is 0.472 e. The Bertz CT molecular complexity index is 601. The number of hydrogen-bond donors (Lipinski definition) is 2. The zero-order chi connectivity index (χ0) is 14.8. The molecule has 0 amide bonds. The second-order valence-corrected chi connectivity index (χ2v) is 5.35. The Morgan fingerprint density at radius 3 is 3.00 bits per heavy atom. The van der Waals surface area contributed by atoms with E-state index in [1.54, 1.807) is 0 Å². The van der Waals surface area contributed by atoms with Crippen molar-refractivity contribution in [3.05, 3.63) is 33.1 Å². The van der Waals surface area contributed by atoms with Crippen LogP contribution in [0.15, 0.2) is 21.9 Å². The lowest BCUT2D eigenvalue weighted by atomic mass is 10.2. The molecule has 1 unspecified atom stereocenters. The molecule has 0 aromatic carbocycles. The van der Waals surface area contributed by atoms with Gasteiger partial charge < -0.3 is 14.6 Å². The van der Waals surface area contributed by atoms with Gasteiger partial charge in [-0.15, -0.1) is 0 Å². The number of nitrogens with zero attached hydrogens (tertiary/aromatic N) is 1. The number of aromatic amines is 1. The molecule has 1 aromatic rings. The third-order valence-corrected chi connectivity index (χ3v) is 3.61. The van der Waals surface area contributed by atoms with Crippen LogP contribution in [0.25, 0.3) is 0 Å². The summed E-state index contributed by atoms with van der Waals surface area (Å²) in [5.74, 6) is 0. The van der Waals surface area contributed by atoms with Crippen LogP contribution in [-0.2, 0) is 25.1 Å². The van der Waals surface area contributed by atoms with Crippen LogP contribution in [0.5, 0.6) is 0 Å². The molecule has 11 heteroatoms. The van der Waals surface area contributed by atoms with Crippen molar-refractivity contribution < 1.29 is 27.6 Å². The number of hydrogen-bond acceptors (Lipinski definition) is 6. The van der Waals surface area contributed by atoms with Gasteiger partial charge in [-0.2, -0.15) is 0 Å². The molecule has 2 rings (SSSR count). The highest BCUT2D eigenvalue weighted by atomic mass is 31.2. The van der Waals surface area contributed by atoms with Gasteiger partial charge in [-0.25, -0.2) is 18.3 Å². The summed E-state index contributed by atoms with van der Waals surface area (Å²) in [6.07, 6.45) is -1.14. The Morgan fingerprint density at radius 2 is 2.35 bits per heavy atom. The van der Waals surface area contributed by atoms with E-state index in [4.69, 9.17) is 9.63 Å². The quantitative estimate of drug-likeness (QED) is 0.710. The van der Waals surface area contributed by atoms with E-state index >= 15 is 0 Å². The van der Waals surface area contributed by atoms with Gasteiger partial charge in [-0.05, 0) is 0 Å². The summed E-state index contributed by atoms with van der Waals surface area (Å²) >= 11 is 0. The largest absolute Gasteiger partial charge is 0.472 e. The Morgan fingerprint density at radius 1 is 1.60 bits per heavy atom. The van der Waals surface area contributed by atoms with Crippen LogP contribution in [0.3, 0.4) is 0 Å². The smallest absolute Gasteiger partial charge is 0.352 e. The van der Waals surface area contributed by atoms with Crippen LogP contribution in [0, 0.1) is 0 Å². The average molecular weight is 310 g/mol. The Labute approximate surface area is 111 Å². The van der Waals surface area contributed by atoms with E-state index in [0.29, 0.717) is 0 Å². The first-order valence-electron chi connectivity index (χ1n) is 5.55. The predicted octanol–water partition coefficient (Wildman–Crippen LogP) is -0.635. The van der Waals surface area contributed by atoms with E-state index in [-0.39, 0.29) is 6.61 Å². The maximum atomic E-state index is 12.7. The van der Waals surface area contributed by atoms with Crippen molar-refractivity contribution in [1.29, 1.82) is 0 Å². The Balaban J connectivity index is 2.05. The second kappa shape index (κ2) is 5.98. The van der Waals surface area contributed by atoms with Gasteiger partial charge in [0, 0.05) is 12.3 Å². The maximum absolute atomic E-state index is 12.7. The predicted molar refractivity (Wildman–Crippen MR) is 62.8 cm³/mol. The molecule has 0 aliphatic carbocycles. The summed E-state index contributed by atoms with van der Waals surface area (Å²) in [6.45, 7) is -1.92. The van der Waals surface area contributed by atoms with E-state index in [0.717, 1.165) is 10.6 Å². The molecule has 1 aliphatic rings. The summed E-state index contributed by atoms with van der Waals surface area (Å²) in [5, 5.41) is 0. The number of rotatable bonds is 4. The van der Waals surface area contributed by atoms with E-state index in [1.807, 2.05) is 0 Å². The fraction of sp³-hybridized carbons (Fsp3) is 0.556. The lowest BCUT2D eigenvalue weighted by Gasteiger charge is -2.31. The molecule has 3 atom stereocenters. The zero-order valence-corrected chi connectivity index (χ0v) is 11.0. The van der Waals surface area contributed by atoms with Crippen LogP contribution in [-0.4, -0.2) is 39.9 Å². The molecule has 0 spiro atoms. The molecule has 0 bridgehead atoms. The van der Waals surface area contributed by atoms with Gasteiger partial charge in [0.25, 0.3) is 5.56 Å². The Hall–Kier alpha value is -1.32. The van der Waals surface area contributed by atoms with Gasteiger partial charge in [0.1, 0.15) is 25.6 Å². The van der Waals surface area contributed by atoms with Crippen molar-refractivity contribution in [3.8, 4) is 0 Å². The standard InChI is InChI=1S/C9H12FN2O7P/c10-3-6-7(4-18-20(15,16)19-6)17-5-12-8(13)1-2-11-9(12)14/h1-2,6-7H,3-5H2,(H,11,14)(H,15,16)/t6-,7+/m0/s1. The lowest BCUT2D eigenvalue weighted by molar-refractivity contribution is -0.117. The summed E-state index contributed by atoms with van der Waals surface area (Å²) in [5.41, 5.74) is -1.30. The first kappa shape index (κ1) is 15.1. The highest BCUT2D eigenvalue weighted by Crippen LogP contribution is 2.48. The third kappa shape index (κ3) is 3.41. The second-order valence-electron chi connectivity index (χ2n) is 3.95. The Kier molecular flexibility index (Phi) is 4.51. The minimum absolute atomic E-state index is 0.387. The molecule has 2 N–H and O–H groups in total. The van der Waals surface area contributed by atoms with E-state index in [2.05, 4.69) is 14.0 Å². The van der Waals surface area contributed by atoms with Gasteiger partial charge in [0.2, 0.25) is 0 Å². The normalized spacial score (nSPS) is 30.3. The molecule has 1 fully saturated rings. The number of phosphoric ester groups is 1. The fourth-order valence-electron chi connectivity index (χ4n) is 1.57. The summed E-state index contributed by atoms with van der Waals surface area (Å²) in [4.78, 5) is 34.1. The average Bonchev–Trinajstić information content (AvgIpc) is 2.39. The molecule has 1 aliphatic heterocycles. The zero-order valence-electron chi connectivity index (χ0n) is 10.1. The highest BCUT2D eigenvalue weighted by Gasteiger charge is 2.39. The fourth-order valence-corrected chi connectivity index (χ4v) is 2.50. The number of phosphoric acid groups is 1. The molecule has 112 valence electrons. The van der Waals surface area contributed by atoms with Crippen LogP contribution in [0.1, 0.15) is 0 Å². The monoisotopic (exact) mass is 310 g/mol. The minimum atomic E-state index is -4.27. The van der Waals surface area contributed by atoms with Crippen LogP contribution in [0.2, 0.25) is 0 Å². The van der Waals surface area contributed by atoms with Gasteiger partial charge in [-0.1, -0.05) is 0 Å². The SMILES string of the molecule is O=c1cc[nH]c(=O)n1CO[C@@H]1COP(=O)(O)O[C@H]1CF. The minimum Gasteiger partial charge on any atom is -0.352 e. The van der Waals surface area contributed by atoms with Crippen molar-refractivity contribution in [1.82, 2.24) is 9.55 Å². The van der Waals surface area contributed by atoms with Crippen LogP contribution >= 0.6 is 7.82 Å². The van der Waals surface area contributed by atoms with Crippen LogP contribution < -0.4 is 11.2 Å². The van der Waals surface area contributed by atoms with Crippen molar-refractivity contribution in [2.45, 2.75) is 18.9 Å². The number of nitrogens with one attached hydrogen (secondary N) is 1. The van der Waals surface area contributed by atoms with Gasteiger partial charge in [0.15, 0.2) is 0 Å². The molecular weight excluding hydrogens is 298 g/mol. The van der Waals surface area contributed by atoms with Crippen molar-refractivity contribution in [2.75, 3.05) is 13.3 Å². The van der Waals surface area contributed by atoms with Crippen molar-refractivity contribution >= 4 is 7.82 Å². The molecule has 2 heterocycles. The van der Waals surface area contributed by atoms with Crippen molar-refractivity contribution in [3.63, 3.8) is 0 Å². The number of halogens is 1. The topological polar surface area (TPSA) is 120 Å². The highest BCUT2D eigenvalue weighted by molar-refractivity contribution is 7.47. The first-order valence-corrected chi connectivity index (χ1v) is 7.04. The number of aromatic nitrogens is 2. The number of alkyl halides is 1. The molecule has 1 aromatic heterocycles. The van der Waals surface area contributed by atoms with Gasteiger partial charge >= 0.3 is 13.5 Å². The number of ether oxygens (including phenoxy) is 1. The number of H-pyrrole nitrogens is 1. The van der Waals surface area contributed by atoms with Gasteiger partial charge in [0.05, 0.1) is 6.61 Å². The molecule has 20 heavy (non-hydrogen) atoms. The van der Waals surface area contributed by atoms with Gasteiger partial charge in [-0.3, -0.25) is 13.8 Å². The lowest BCUT2D eigenvalue weighted by Crippen LogP contribution is -2.43. The van der Waals surface area contributed by atoms with Crippen molar-refractivity contribution in [2.24, 2.45) is 0 Å². The molecule has 1 saturated heterocycles. The van der Waals surface area contributed by atoms with Crippen LogP contribution in [0.4, 0.5) is 4.39 Å². The molecular formula is C9H12FN2O7P. The van der Waals surface area contributed by atoms with E-state index in [1.165, 1.54) is 6.20 Å². The first-order chi connectivity index (χ1) is 9.43. The third-order valence-electron chi connectivity index (χ3n) is 2.60. The van der Waals surface area contributed by atoms with E-state index < -0.39 is 44.7 Å². The summed E-state index contributed by atoms with van der Waals surface area (Å²) in [7, 11) is -4.27. The molecule has 0 radical (unpaired) electrons. The summed E-state index contributed by atoms with van der Waals surface area (Å²) in [6, 6.07) is 1.12. The summed E-state index contributed by atoms with van der Waals surface area (Å²) < 4.78 is 38.7. The molecule has 0 saturated carbocycles. The van der Waals surface area contributed by atoms with E-state index in [9.17, 15) is 18.5 Å².